The molecule has 0 aliphatic heterocycles. The van der Waals surface area contributed by atoms with Gasteiger partial charge >= 0.3 is 0 Å². The van der Waals surface area contributed by atoms with Gasteiger partial charge in [0, 0.05) is 5.56 Å². The maximum absolute atomic E-state index is 12.2. The lowest BCUT2D eigenvalue weighted by Gasteiger charge is -2.19. The molecule has 3 nitrogen and oxygen atoms in total. The van der Waals surface area contributed by atoms with Gasteiger partial charge in [-0.25, -0.2) is 0 Å². The fraction of sp³-hybridized carbons (Fsp3) is 0.462. The first-order valence-corrected chi connectivity index (χ1v) is 5.94. The summed E-state index contributed by atoms with van der Waals surface area (Å²) in [4.78, 5) is 12.2. The summed E-state index contributed by atoms with van der Waals surface area (Å²) < 4.78 is 5.06. The molecule has 0 saturated carbocycles. The van der Waals surface area contributed by atoms with Gasteiger partial charge in [0.05, 0.1) is 18.2 Å². The molecule has 1 atom stereocenters. The molecule has 0 spiro atoms. The molecule has 0 bridgehead atoms. The third-order valence-corrected chi connectivity index (χ3v) is 2.99. The number of methoxy groups -OCH3 is 1. The summed E-state index contributed by atoms with van der Waals surface area (Å²) in [5, 5.41) is 3.48. The lowest BCUT2D eigenvalue weighted by molar-refractivity contribution is 0.0922. The Bertz CT molecular complexity index is 404. The van der Waals surface area contributed by atoms with E-state index >= 15 is 0 Å². The quantitative estimate of drug-likeness (QED) is 0.823. The Hall–Kier alpha value is -1.06. The fourth-order valence-corrected chi connectivity index (χ4v) is 2.02. The van der Waals surface area contributed by atoms with E-state index in [9.17, 15) is 4.79 Å². The minimum Gasteiger partial charge on any atom is -0.495 e. The number of halogens is 1. The van der Waals surface area contributed by atoms with Crippen molar-refractivity contribution in [2.45, 2.75) is 19.9 Å². The second kappa shape index (κ2) is 6.03. The molecule has 1 aromatic carbocycles. The van der Waals surface area contributed by atoms with E-state index in [1.165, 1.54) is 0 Å². The molecule has 0 fully saturated rings. The molecule has 0 heterocycles. The van der Waals surface area contributed by atoms with Crippen molar-refractivity contribution in [1.82, 2.24) is 5.32 Å². The summed E-state index contributed by atoms with van der Waals surface area (Å²) in [5.74, 6) is 0.856. The van der Waals surface area contributed by atoms with Crippen molar-refractivity contribution in [2.24, 2.45) is 5.92 Å². The van der Waals surface area contributed by atoms with Gasteiger partial charge in [-0.2, -0.15) is 0 Å². The van der Waals surface area contributed by atoms with E-state index in [2.05, 4.69) is 5.32 Å². The smallest absolute Gasteiger partial charge is 0.180 e. The average Bonchev–Trinajstić information content (AvgIpc) is 2.29. The van der Waals surface area contributed by atoms with Crippen molar-refractivity contribution >= 4 is 17.4 Å². The van der Waals surface area contributed by atoms with E-state index in [0.29, 0.717) is 16.3 Å². The molecule has 0 aliphatic carbocycles. The highest BCUT2D eigenvalue weighted by Gasteiger charge is 2.22. The highest BCUT2D eigenvalue weighted by atomic mass is 35.5. The predicted octanol–water partition coefficient (Wildman–Crippen LogP) is 2.78. The third kappa shape index (κ3) is 3.20. The molecular formula is C13H18ClNO2. The summed E-state index contributed by atoms with van der Waals surface area (Å²) in [7, 11) is 3.33. The molecule has 4 heteroatoms. The van der Waals surface area contributed by atoms with E-state index in [1.54, 1.807) is 32.4 Å². The maximum atomic E-state index is 12.2. The number of ether oxygens (including phenoxy) is 1. The number of carbonyl (C=O) groups excluding carboxylic acids is 1. The molecule has 1 rings (SSSR count). The third-order valence-electron chi connectivity index (χ3n) is 2.70. The number of carbonyl (C=O) groups is 1. The minimum absolute atomic E-state index is 0.0482. The lowest BCUT2D eigenvalue weighted by atomic mass is 9.95. The molecule has 17 heavy (non-hydrogen) atoms. The van der Waals surface area contributed by atoms with Crippen LogP contribution in [0.5, 0.6) is 5.75 Å². The molecule has 0 amide bonds. The summed E-state index contributed by atoms with van der Waals surface area (Å²) in [6.45, 7) is 4.01. The van der Waals surface area contributed by atoms with Gasteiger partial charge in [-0.15, -0.1) is 0 Å². The van der Waals surface area contributed by atoms with Crippen LogP contribution in [-0.4, -0.2) is 26.0 Å². The molecular weight excluding hydrogens is 238 g/mol. The molecule has 1 unspecified atom stereocenters. The summed E-state index contributed by atoms with van der Waals surface area (Å²) >= 11 is 6.00. The molecule has 0 saturated heterocycles. The van der Waals surface area contributed by atoms with Crippen LogP contribution in [0.3, 0.4) is 0 Å². The molecule has 0 aromatic heterocycles. The SMILES string of the molecule is CNC(C(=O)c1ccc(OC)c(Cl)c1)C(C)C. The molecule has 1 aromatic rings. The molecule has 0 radical (unpaired) electrons. The number of likely N-dealkylation sites (N-methyl/N-ethyl adjacent to an activating group) is 1. The van der Waals surface area contributed by atoms with Gasteiger partial charge < -0.3 is 10.1 Å². The van der Waals surface area contributed by atoms with E-state index in [4.69, 9.17) is 16.3 Å². The fourth-order valence-electron chi connectivity index (χ4n) is 1.77. The van der Waals surface area contributed by atoms with E-state index in [0.717, 1.165) is 0 Å². The van der Waals surface area contributed by atoms with Gasteiger partial charge in [0.1, 0.15) is 5.75 Å². The first-order valence-electron chi connectivity index (χ1n) is 5.56. The Kier molecular flexibility index (Phi) is 4.97. The lowest BCUT2D eigenvalue weighted by Crippen LogP contribution is -2.38. The first kappa shape index (κ1) is 14.0. The van der Waals surface area contributed by atoms with Gasteiger partial charge in [-0.1, -0.05) is 25.4 Å². The zero-order valence-corrected chi connectivity index (χ0v) is 11.3. The van der Waals surface area contributed by atoms with Gasteiger partial charge in [0.25, 0.3) is 0 Å². The summed E-state index contributed by atoms with van der Waals surface area (Å²) in [6.07, 6.45) is 0. The van der Waals surface area contributed by atoms with E-state index < -0.39 is 0 Å². The monoisotopic (exact) mass is 255 g/mol. The highest BCUT2D eigenvalue weighted by molar-refractivity contribution is 6.32. The Labute approximate surface area is 107 Å². The van der Waals surface area contributed by atoms with E-state index in [-0.39, 0.29) is 17.7 Å². The predicted molar refractivity (Wildman–Crippen MR) is 70.0 cm³/mol. The number of hydrogen-bond donors (Lipinski definition) is 1. The van der Waals surface area contributed by atoms with Gasteiger partial charge in [0.2, 0.25) is 0 Å². The van der Waals surface area contributed by atoms with Crippen LogP contribution in [0.4, 0.5) is 0 Å². The number of Topliss-reactive ketones (excluding diaryl/α,β-unsaturated/α-hetero) is 1. The van der Waals surface area contributed by atoms with Crippen LogP contribution in [0.2, 0.25) is 5.02 Å². The van der Waals surface area contributed by atoms with Crippen LogP contribution in [0.15, 0.2) is 18.2 Å². The standard InChI is InChI=1S/C13H18ClNO2/c1-8(2)12(15-3)13(16)9-5-6-11(17-4)10(14)7-9/h5-8,12,15H,1-4H3. The number of hydrogen-bond acceptors (Lipinski definition) is 3. The second-order valence-electron chi connectivity index (χ2n) is 4.22. The van der Waals surface area contributed by atoms with Gasteiger partial charge in [0.15, 0.2) is 5.78 Å². The van der Waals surface area contributed by atoms with Gasteiger partial charge in [-0.3, -0.25) is 4.79 Å². The zero-order chi connectivity index (χ0) is 13.0. The minimum atomic E-state index is -0.195. The van der Waals surface area contributed by atoms with Crippen molar-refractivity contribution in [3.05, 3.63) is 28.8 Å². The van der Waals surface area contributed by atoms with Crippen LogP contribution < -0.4 is 10.1 Å². The summed E-state index contributed by atoms with van der Waals surface area (Å²) in [5.41, 5.74) is 0.601. The van der Waals surface area contributed by atoms with E-state index in [1.807, 2.05) is 13.8 Å². The number of ketones is 1. The topological polar surface area (TPSA) is 38.3 Å². The Balaban J connectivity index is 3.00. The number of benzene rings is 1. The van der Waals surface area contributed by atoms with Crippen LogP contribution in [-0.2, 0) is 0 Å². The second-order valence-corrected chi connectivity index (χ2v) is 4.63. The first-order chi connectivity index (χ1) is 8.01. The Morgan fingerprint density at radius 2 is 2.06 bits per heavy atom. The molecule has 94 valence electrons. The highest BCUT2D eigenvalue weighted by Crippen LogP contribution is 2.25. The Morgan fingerprint density at radius 3 is 2.47 bits per heavy atom. The van der Waals surface area contributed by atoms with Crippen LogP contribution in [0.1, 0.15) is 24.2 Å². The number of rotatable bonds is 5. The Morgan fingerprint density at radius 1 is 1.41 bits per heavy atom. The average molecular weight is 256 g/mol. The summed E-state index contributed by atoms with van der Waals surface area (Å²) in [6, 6.07) is 4.90. The molecule has 1 N–H and O–H groups in total. The zero-order valence-electron chi connectivity index (χ0n) is 10.6. The largest absolute Gasteiger partial charge is 0.495 e. The van der Waals surface area contributed by atoms with Crippen molar-refractivity contribution in [3.63, 3.8) is 0 Å². The van der Waals surface area contributed by atoms with Crippen LogP contribution in [0, 0.1) is 5.92 Å². The van der Waals surface area contributed by atoms with Crippen molar-refractivity contribution in [3.8, 4) is 5.75 Å². The molecule has 0 aliphatic rings. The normalized spacial score (nSPS) is 12.6. The maximum Gasteiger partial charge on any atom is 0.180 e. The van der Waals surface area contributed by atoms with Gasteiger partial charge in [-0.05, 0) is 31.2 Å². The van der Waals surface area contributed by atoms with Crippen molar-refractivity contribution < 1.29 is 9.53 Å². The van der Waals surface area contributed by atoms with Crippen molar-refractivity contribution in [1.29, 1.82) is 0 Å². The number of nitrogens with one attached hydrogen (secondary N) is 1. The van der Waals surface area contributed by atoms with Crippen LogP contribution >= 0.6 is 11.6 Å². The van der Waals surface area contributed by atoms with Crippen molar-refractivity contribution in [2.75, 3.05) is 14.2 Å². The van der Waals surface area contributed by atoms with Crippen LogP contribution in [0.25, 0.3) is 0 Å².